The van der Waals surface area contributed by atoms with Crippen LogP contribution in [0, 0.1) is 0 Å². The molecule has 0 saturated carbocycles. The monoisotopic (exact) mass is 397 g/mol. The first kappa shape index (κ1) is 20.7. The van der Waals surface area contributed by atoms with Crippen LogP contribution in [0.2, 0.25) is 0 Å². The third-order valence-corrected chi connectivity index (χ3v) is 4.37. The molecule has 1 aliphatic heterocycles. The van der Waals surface area contributed by atoms with Crippen molar-refractivity contribution >= 4 is 23.2 Å². The van der Waals surface area contributed by atoms with Crippen molar-refractivity contribution in [3.05, 3.63) is 54.1 Å². The van der Waals surface area contributed by atoms with E-state index in [2.05, 4.69) is 10.6 Å². The molecule has 1 aliphatic rings. The Balaban J connectivity index is 1.50. The summed E-state index contributed by atoms with van der Waals surface area (Å²) in [4.78, 5) is 26.4. The third kappa shape index (κ3) is 6.22. The highest BCUT2D eigenvalue weighted by molar-refractivity contribution is 5.96. The fraction of sp³-hybridized carbons (Fsp3) is 0.364. The molecule has 0 spiro atoms. The Kier molecular flexibility index (Phi) is 7.08. The normalized spacial score (nSPS) is 13.8. The molecule has 0 unspecified atom stereocenters. The smallest absolute Gasteiger partial charge is 0.254 e. The number of anilines is 2. The van der Waals surface area contributed by atoms with Crippen molar-refractivity contribution in [3.8, 4) is 5.75 Å². The van der Waals surface area contributed by atoms with Crippen LogP contribution in [0.25, 0.3) is 0 Å². The number of nitrogens with one attached hydrogen (secondary N) is 2. The largest absolute Gasteiger partial charge is 0.491 e. The van der Waals surface area contributed by atoms with Gasteiger partial charge in [-0.2, -0.15) is 0 Å². The Labute approximate surface area is 171 Å². The number of hydrogen-bond donors (Lipinski definition) is 2. The third-order valence-electron chi connectivity index (χ3n) is 4.37. The van der Waals surface area contributed by atoms with E-state index in [0.717, 1.165) is 11.4 Å². The van der Waals surface area contributed by atoms with E-state index in [1.54, 1.807) is 29.2 Å². The number of carbonyl (C=O) groups is 2. The van der Waals surface area contributed by atoms with Gasteiger partial charge >= 0.3 is 0 Å². The van der Waals surface area contributed by atoms with Crippen LogP contribution in [-0.2, 0) is 9.53 Å². The van der Waals surface area contributed by atoms with Gasteiger partial charge in [0.05, 0.1) is 25.9 Å². The van der Waals surface area contributed by atoms with Crippen LogP contribution in [0.4, 0.5) is 11.4 Å². The van der Waals surface area contributed by atoms with Crippen molar-refractivity contribution in [1.82, 2.24) is 4.90 Å². The summed E-state index contributed by atoms with van der Waals surface area (Å²) in [5.41, 5.74) is 2.06. The van der Waals surface area contributed by atoms with E-state index < -0.39 is 0 Å². The molecule has 1 fully saturated rings. The molecule has 3 rings (SSSR count). The SMILES string of the molecule is CC(C)Oc1cccc(NCC(=O)Nc2ccc(C(=O)N3CCOCC3)cc2)c1. The molecule has 0 aromatic heterocycles. The van der Waals surface area contributed by atoms with Crippen LogP contribution >= 0.6 is 0 Å². The zero-order valence-electron chi connectivity index (χ0n) is 16.8. The second-order valence-corrected chi connectivity index (χ2v) is 7.08. The van der Waals surface area contributed by atoms with Crippen molar-refractivity contribution in [1.29, 1.82) is 0 Å². The van der Waals surface area contributed by atoms with Crippen LogP contribution in [-0.4, -0.2) is 55.7 Å². The number of amides is 2. The number of carbonyl (C=O) groups excluding carboxylic acids is 2. The van der Waals surface area contributed by atoms with Gasteiger partial charge in [0.15, 0.2) is 0 Å². The summed E-state index contributed by atoms with van der Waals surface area (Å²) in [6.07, 6.45) is 0.0895. The van der Waals surface area contributed by atoms with E-state index in [-0.39, 0.29) is 24.5 Å². The second-order valence-electron chi connectivity index (χ2n) is 7.08. The lowest BCUT2D eigenvalue weighted by Crippen LogP contribution is -2.40. The number of rotatable bonds is 7. The zero-order valence-corrected chi connectivity index (χ0v) is 16.8. The van der Waals surface area contributed by atoms with E-state index in [1.165, 1.54) is 0 Å². The minimum absolute atomic E-state index is 0.0173. The number of nitrogens with zero attached hydrogens (tertiary/aromatic N) is 1. The highest BCUT2D eigenvalue weighted by atomic mass is 16.5. The molecule has 2 N–H and O–H groups in total. The number of hydrogen-bond acceptors (Lipinski definition) is 5. The van der Waals surface area contributed by atoms with Gasteiger partial charge in [-0.3, -0.25) is 9.59 Å². The second kappa shape index (κ2) is 9.93. The fourth-order valence-electron chi connectivity index (χ4n) is 2.98. The standard InChI is InChI=1S/C22H27N3O4/c1-16(2)29-20-5-3-4-19(14-20)23-15-21(26)24-18-8-6-17(7-9-18)22(27)25-10-12-28-13-11-25/h3-9,14,16,23H,10-13,15H2,1-2H3,(H,24,26). The van der Waals surface area contributed by atoms with Crippen LogP contribution in [0.3, 0.4) is 0 Å². The topological polar surface area (TPSA) is 79.9 Å². The number of morpholine rings is 1. The molecule has 1 saturated heterocycles. The van der Waals surface area contributed by atoms with Crippen LogP contribution < -0.4 is 15.4 Å². The van der Waals surface area contributed by atoms with Crippen molar-refractivity contribution in [2.75, 3.05) is 43.5 Å². The summed E-state index contributed by atoms with van der Waals surface area (Å²) < 4.78 is 10.9. The number of benzene rings is 2. The lowest BCUT2D eigenvalue weighted by atomic mass is 10.1. The van der Waals surface area contributed by atoms with Gasteiger partial charge in [0, 0.05) is 36.1 Å². The Morgan fingerprint density at radius 1 is 1.07 bits per heavy atom. The molecule has 1 heterocycles. The van der Waals surface area contributed by atoms with Gasteiger partial charge in [0.1, 0.15) is 5.75 Å². The average Bonchev–Trinajstić information content (AvgIpc) is 2.73. The van der Waals surface area contributed by atoms with Crippen LogP contribution in [0.15, 0.2) is 48.5 Å². The van der Waals surface area contributed by atoms with E-state index in [9.17, 15) is 9.59 Å². The summed E-state index contributed by atoms with van der Waals surface area (Å²) in [7, 11) is 0. The minimum Gasteiger partial charge on any atom is -0.491 e. The Morgan fingerprint density at radius 2 is 1.79 bits per heavy atom. The lowest BCUT2D eigenvalue weighted by molar-refractivity contribution is -0.114. The van der Waals surface area contributed by atoms with E-state index in [0.29, 0.717) is 37.6 Å². The minimum atomic E-state index is -0.174. The summed E-state index contributed by atoms with van der Waals surface area (Å²) >= 11 is 0. The maximum absolute atomic E-state index is 12.4. The first-order chi connectivity index (χ1) is 14.0. The van der Waals surface area contributed by atoms with Crippen molar-refractivity contribution in [2.45, 2.75) is 20.0 Å². The first-order valence-electron chi connectivity index (χ1n) is 9.79. The van der Waals surface area contributed by atoms with Gasteiger partial charge in [0.25, 0.3) is 5.91 Å². The maximum Gasteiger partial charge on any atom is 0.254 e. The first-order valence-corrected chi connectivity index (χ1v) is 9.79. The molecule has 0 radical (unpaired) electrons. The molecular formula is C22H27N3O4. The molecule has 2 amide bonds. The molecule has 0 bridgehead atoms. The van der Waals surface area contributed by atoms with Crippen molar-refractivity contribution in [2.24, 2.45) is 0 Å². The summed E-state index contributed by atoms with van der Waals surface area (Å²) in [5, 5.41) is 5.91. The highest BCUT2D eigenvalue weighted by Gasteiger charge is 2.18. The predicted octanol–water partition coefficient (Wildman–Crippen LogP) is 3.00. The molecule has 7 heteroatoms. The summed E-state index contributed by atoms with van der Waals surface area (Å²) in [6.45, 7) is 6.40. The van der Waals surface area contributed by atoms with Crippen LogP contribution in [0.1, 0.15) is 24.2 Å². The molecule has 2 aromatic rings. The van der Waals surface area contributed by atoms with Gasteiger partial charge in [-0.25, -0.2) is 0 Å². The molecular weight excluding hydrogens is 370 g/mol. The predicted molar refractivity (Wildman–Crippen MR) is 112 cm³/mol. The lowest BCUT2D eigenvalue weighted by Gasteiger charge is -2.26. The highest BCUT2D eigenvalue weighted by Crippen LogP contribution is 2.18. The Bertz CT molecular complexity index is 830. The Morgan fingerprint density at radius 3 is 2.48 bits per heavy atom. The maximum atomic E-state index is 12.4. The molecule has 0 aliphatic carbocycles. The van der Waals surface area contributed by atoms with Crippen molar-refractivity contribution < 1.29 is 19.1 Å². The molecule has 7 nitrogen and oxygen atoms in total. The summed E-state index contributed by atoms with van der Waals surface area (Å²) in [6, 6.07) is 14.4. The number of ether oxygens (including phenoxy) is 2. The van der Waals surface area contributed by atoms with Gasteiger partial charge in [-0.1, -0.05) is 6.07 Å². The van der Waals surface area contributed by atoms with Gasteiger partial charge in [-0.05, 0) is 50.2 Å². The van der Waals surface area contributed by atoms with Crippen molar-refractivity contribution in [3.63, 3.8) is 0 Å². The average molecular weight is 397 g/mol. The fourth-order valence-corrected chi connectivity index (χ4v) is 2.98. The molecule has 2 aromatic carbocycles. The van der Waals surface area contributed by atoms with Crippen LogP contribution in [0.5, 0.6) is 5.75 Å². The molecule has 0 atom stereocenters. The van der Waals surface area contributed by atoms with E-state index in [4.69, 9.17) is 9.47 Å². The van der Waals surface area contributed by atoms with Gasteiger partial charge in [0.2, 0.25) is 5.91 Å². The van der Waals surface area contributed by atoms with Gasteiger partial charge < -0.3 is 25.0 Å². The quantitative estimate of drug-likeness (QED) is 0.751. The van der Waals surface area contributed by atoms with E-state index in [1.807, 2.05) is 38.1 Å². The van der Waals surface area contributed by atoms with Gasteiger partial charge in [-0.15, -0.1) is 0 Å². The molecule has 29 heavy (non-hydrogen) atoms. The Hall–Kier alpha value is -3.06. The summed E-state index contributed by atoms with van der Waals surface area (Å²) in [5.74, 6) is 0.565. The molecule has 154 valence electrons. The zero-order chi connectivity index (χ0) is 20.6. The van der Waals surface area contributed by atoms with E-state index >= 15 is 0 Å².